The van der Waals surface area contributed by atoms with Gasteiger partial charge in [0.1, 0.15) is 17.1 Å². The molecule has 4 rings (SSSR count). The van der Waals surface area contributed by atoms with Gasteiger partial charge in [-0.1, -0.05) is 25.4 Å². The smallest absolute Gasteiger partial charge is 0.266 e. The summed E-state index contributed by atoms with van der Waals surface area (Å²) in [7, 11) is 1.50. The van der Waals surface area contributed by atoms with Crippen LogP contribution in [0.3, 0.4) is 0 Å². The van der Waals surface area contributed by atoms with E-state index in [1.807, 2.05) is 4.90 Å². The Morgan fingerprint density at radius 3 is 2.65 bits per heavy atom. The maximum absolute atomic E-state index is 13.2. The molecule has 1 fully saturated rings. The molecule has 0 bridgehead atoms. The Bertz CT molecular complexity index is 1310. The molecular weight excluding hydrogens is 476 g/mol. The number of hydrogen-bond donors (Lipinski definition) is 1. The van der Waals surface area contributed by atoms with Crippen molar-refractivity contribution in [2.45, 2.75) is 33.7 Å². The molecule has 0 aliphatic carbocycles. The minimum Gasteiger partial charge on any atom is -0.495 e. The maximum Gasteiger partial charge on any atom is 0.266 e. The first-order valence-electron chi connectivity index (χ1n) is 11.1. The molecule has 1 N–H and O–H groups in total. The number of piperidine rings is 1. The zero-order chi connectivity index (χ0) is 24.6. The van der Waals surface area contributed by atoms with Gasteiger partial charge in [0.25, 0.3) is 11.5 Å². The Kier molecular flexibility index (Phi) is 6.95. The fraction of sp³-hybridized carbons (Fsp3) is 0.417. The number of carbonyl (C=O) groups is 2. The third-order valence-electron chi connectivity index (χ3n) is 6.06. The first-order chi connectivity index (χ1) is 16.2. The van der Waals surface area contributed by atoms with Crippen molar-refractivity contribution in [3.8, 4) is 5.75 Å². The summed E-state index contributed by atoms with van der Waals surface area (Å²) < 4.78 is 6.62. The van der Waals surface area contributed by atoms with E-state index in [0.29, 0.717) is 62.0 Å². The number of nitrogens with one attached hydrogen (secondary N) is 1. The van der Waals surface area contributed by atoms with E-state index in [1.165, 1.54) is 18.0 Å². The Balaban J connectivity index is 1.60. The molecule has 3 heterocycles. The second-order valence-corrected chi connectivity index (χ2v) is 10.4. The molecular formula is C24H27ClN4O4S. The number of rotatable bonds is 5. The molecule has 10 heteroatoms. The summed E-state index contributed by atoms with van der Waals surface area (Å²) in [4.78, 5) is 46.2. The average Bonchev–Trinajstić information content (AvgIpc) is 3.12. The number of amides is 2. The lowest BCUT2D eigenvalue weighted by molar-refractivity contribution is -0.134. The number of carbonyl (C=O) groups excluding carboxylic acids is 2. The van der Waals surface area contributed by atoms with Crippen LogP contribution in [0.25, 0.3) is 10.2 Å². The summed E-state index contributed by atoms with van der Waals surface area (Å²) in [5.74, 6) is 0.850. The molecule has 0 saturated carbocycles. The Morgan fingerprint density at radius 1 is 1.26 bits per heavy atom. The van der Waals surface area contributed by atoms with Crippen LogP contribution in [0.1, 0.15) is 35.5 Å². The van der Waals surface area contributed by atoms with Gasteiger partial charge in [0.05, 0.1) is 29.4 Å². The van der Waals surface area contributed by atoms with Gasteiger partial charge in [-0.2, -0.15) is 0 Å². The number of fused-ring (bicyclic) bond motifs is 1. The van der Waals surface area contributed by atoms with E-state index in [1.54, 1.807) is 25.1 Å². The van der Waals surface area contributed by atoms with E-state index >= 15 is 0 Å². The fourth-order valence-corrected chi connectivity index (χ4v) is 5.76. The number of halogens is 1. The number of methoxy groups -OCH3 is 1. The monoisotopic (exact) mass is 502 g/mol. The van der Waals surface area contributed by atoms with Crippen LogP contribution < -0.4 is 15.6 Å². The lowest BCUT2D eigenvalue weighted by atomic mass is 9.92. The number of ether oxygens (including phenoxy) is 1. The number of benzene rings is 1. The van der Waals surface area contributed by atoms with Crippen LogP contribution in [0, 0.1) is 18.8 Å². The zero-order valence-corrected chi connectivity index (χ0v) is 21.1. The highest BCUT2D eigenvalue weighted by molar-refractivity contribution is 7.20. The first-order valence-corrected chi connectivity index (χ1v) is 12.3. The maximum atomic E-state index is 13.2. The Labute approximate surface area is 206 Å². The number of anilines is 1. The average molecular weight is 503 g/mol. The minimum absolute atomic E-state index is 0.0717. The van der Waals surface area contributed by atoms with Gasteiger partial charge in [-0.15, -0.1) is 11.3 Å². The second kappa shape index (κ2) is 9.76. The number of thiophene rings is 1. The predicted molar refractivity (Wildman–Crippen MR) is 134 cm³/mol. The van der Waals surface area contributed by atoms with Gasteiger partial charge in [-0.05, 0) is 48.9 Å². The molecule has 1 aromatic carbocycles. The van der Waals surface area contributed by atoms with Crippen molar-refractivity contribution in [1.82, 2.24) is 14.5 Å². The van der Waals surface area contributed by atoms with Crippen molar-refractivity contribution < 1.29 is 14.3 Å². The van der Waals surface area contributed by atoms with Crippen LogP contribution in [-0.2, 0) is 11.3 Å². The molecule has 0 unspecified atom stereocenters. The van der Waals surface area contributed by atoms with Crippen molar-refractivity contribution in [2.75, 3.05) is 25.5 Å². The molecule has 2 aromatic heterocycles. The van der Waals surface area contributed by atoms with Gasteiger partial charge in [-0.25, -0.2) is 4.98 Å². The van der Waals surface area contributed by atoms with Crippen molar-refractivity contribution in [3.05, 3.63) is 50.3 Å². The summed E-state index contributed by atoms with van der Waals surface area (Å²) in [6, 6.07) is 4.93. The van der Waals surface area contributed by atoms with Crippen molar-refractivity contribution >= 4 is 50.7 Å². The quantitative estimate of drug-likeness (QED) is 0.564. The SMILES string of the molecule is COc1ccc(Cl)cc1NC(=O)c1sc2ncn(CC(=O)N3C[C@H](C)C[C@H](C)C3)c(=O)c2c1C. The molecule has 2 amide bonds. The van der Waals surface area contributed by atoms with Gasteiger partial charge in [0.15, 0.2) is 0 Å². The molecule has 3 aromatic rings. The largest absolute Gasteiger partial charge is 0.495 e. The third kappa shape index (κ3) is 4.81. The molecule has 1 aliphatic rings. The van der Waals surface area contributed by atoms with E-state index < -0.39 is 0 Å². The topological polar surface area (TPSA) is 93.5 Å². The fourth-order valence-electron chi connectivity index (χ4n) is 4.56. The third-order valence-corrected chi connectivity index (χ3v) is 7.49. The molecule has 0 spiro atoms. The highest BCUT2D eigenvalue weighted by Gasteiger charge is 2.26. The second-order valence-electron chi connectivity index (χ2n) is 8.96. The Hall–Kier alpha value is -2.91. The van der Waals surface area contributed by atoms with Gasteiger partial charge in [0.2, 0.25) is 5.91 Å². The predicted octanol–water partition coefficient (Wildman–Crippen LogP) is 4.19. The number of aryl methyl sites for hydroxylation is 1. The van der Waals surface area contributed by atoms with Gasteiger partial charge in [0, 0.05) is 18.1 Å². The van der Waals surface area contributed by atoms with Gasteiger partial charge >= 0.3 is 0 Å². The van der Waals surface area contributed by atoms with E-state index in [9.17, 15) is 14.4 Å². The minimum atomic E-state index is -0.389. The number of hydrogen-bond acceptors (Lipinski definition) is 6. The lowest BCUT2D eigenvalue weighted by Gasteiger charge is -2.35. The van der Waals surface area contributed by atoms with Crippen LogP contribution in [0.15, 0.2) is 29.3 Å². The van der Waals surface area contributed by atoms with Gasteiger partial charge in [-0.3, -0.25) is 19.0 Å². The summed E-state index contributed by atoms with van der Waals surface area (Å²) in [6.45, 7) is 7.31. The summed E-state index contributed by atoms with van der Waals surface area (Å²) in [6.07, 6.45) is 2.48. The normalized spacial score (nSPS) is 18.2. The van der Waals surface area contributed by atoms with E-state index in [2.05, 4.69) is 24.1 Å². The number of nitrogens with zero attached hydrogens (tertiary/aromatic N) is 3. The molecule has 1 saturated heterocycles. The van der Waals surface area contributed by atoms with Crippen LogP contribution in [0.2, 0.25) is 5.02 Å². The van der Waals surface area contributed by atoms with Crippen LogP contribution in [-0.4, -0.2) is 46.5 Å². The standard InChI is InChI=1S/C24H27ClN4O4S/c1-13-7-14(2)10-28(9-13)19(30)11-29-12-26-23-20(24(29)32)15(3)21(34-23)22(31)27-17-8-16(25)5-6-18(17)33-4/h5-6,8,12-14H,7,9-11H2,1-4H3,(H,27,31)/t13-,14+. The summed E-state index contributed by atoms with van der Waals surface area (Å²) in [5, 5.41) is 3.61. The molecule has 2 atom stereocenters. The zero-order valence-electron chi connectivity index (χ0n) is 19.6. The van der Waals surface area contributed by atoms with E-state index in [-0.39, 0.29) is 23.9 Å². The van der Waals surface area contributed by atoms with E-state index in [0.717, 1.165) is 17.8 Å². The lowest BCUT2D eigenvalue weighted by Crippen LogP contribution is -2.44. The Morgan fingerprint density at radius 2 is 1.97 bits per heavy atom. The van der Waals surface area contributed by atoms with Crippen molar-refractivity contribution in [2.24, 2.45) is 11.8 Å². The van der Waals surface area contributed by atoms with Crippen molar-refractivity contribution in [1.29, 1.82) is 0 Å². The number of likely N-dealkylation sites (tertiary alicyclic amines) is 1. The van der Waals surface area contributed by atoms with Crippen LogP contribution in [0.5, 0.6) is 5.75 Å². The molecule has 8 nitrogen and oxygen atoms in total. The summed E-state index contributed by atoms with van der Waals surface area (Å²) in [5.41, 5.74) is 0.625. The molecule has 0 radical (unpaired) electrons. The number of aromatic nitrogens is 2. The van der Waals surface area contributed by atoms with Crippen molar-refractivity contribution in [3.63, 3.8) is 0 Å². The highest BCUT2D eigenvalue weighted by atomic mass is 35.5. The van der Waals surface area contributed by atoms with Gasteiger partial charge < -0.3 is 15.0 Å². The van der Waals surface area contributed by atoms with Crippen LogP contribution >= 0.6 is 22.9 Å². The highest BCUT2D eigenvalue weighted by Crippen LogP contribution is 2.31. The molecule has 180 valence electrons. The molecule has 1 aliphatic heterocycles. The first kappa shape index (κ1) is 24.2. The van der Waals surface area contributed by atoms with Crippen LogP contribution in [0.4, 0.5) is 5.69 Å². The molecule has 34 heavy (non-hydrogen) atoms. The van der Waals surface area contributed by atoms with E-state index in [4.69, 9.17) is 16.3 Å². The summed E-state index contributed by atoms with van der Waals surface area (Å²) >= 11 is 7.19.